The van der Waals surface area contributed by atoms with Gasteiger partial charge in [0, 0.05) is 0 Å². The van der Waals surface area contributed by atoms with Crippen molar-refractivity contribution in [2.24, 2.45) is 0 Å². The van der Waals surface area contributed by atoms with Gasteiger partial charge in [-0.1, -0.05) is 34.8 Å². The van der Waals surface area contributed by atoms with Crippen LogP contribution in [0.4, 0.5) is 0 Å². The summed E-state index contributed by atoms with van der Waals surface area (Å²) in [5.41, 5.74) is -0.758. The molecule has 1 saturated heterocycles. The third-order valence-electron chi connectivity index (χ3n) is 1.37. The standard InChI is InChI=1S/C6H8Cl3NO2/c1-5(2)10-4(11)3(12-5)6(7,8)9/h3H,1-2H3,(H,10,11). The van der Waals surface area contributed by atoms with Crippen LogP contribution in [0.5, 0.6) is 0 Å². The van der Waals surface area contributed by atoms with E-state index in [-0.39, 0.29) is 0 Å². The van der Waals surface area contributed by atoms with Crippen molar-refractivity contribution in [3.63, 3.8) is 0 Å². The van der Waals surface area contributed by atoms with Gasteiger partial charge in [-0.25, -0.2) is 0 Å². The first kappa shape index (κ1) is 10.4. The number of amides is 1. The second-order valence-electron chi connectivity index (χ2n) is 3.04. The number of halogens is 3. The summed E-state index contributed by atoms with van der Waals surface area (Å²) in [5.74, 6) is -0.403. The molecule has 1 amide bonds. The molecule has 0 aromatic heterocycles. The van der Waals surface area contributed by atoms with Crippen LogP contribution in [0.3, 0.4) is 0 Å². The van der Waals surface area contributed by atoms with Gasteiger partial charge in [-0.15, -0.1) is 0 Å². The van der Waals surface area contributed by atoms with E-state index in [4.69, 9.17) is 39.5 Å². The third-order valence-corrected chi connectivity index (χ3v) is 1.97. The minimum Gasteiger partial charge on any atom is -0.339 e. The molecule has 1 heterocycles. The van der Waals surface area contributed by atoms with E-state index in [1.807, 2.05) is 0 Å². The zero-order valence-corrected chi connectivity index (χ0v) is 8.80. The van der Waals surface area contributed by atoms with Gasteiger partial charge >= 0.3 is 0 Å². The summed E-state index contributed by atoms with van der Waals surface area (Å²) >= 11 is 16.5. The van der Waals surface area contributed by atoms with Gasteiger partial charge in [0.25, 0.3) is 5.91 Å². The maximum Gasteiger partial charge on any atom is 0.255 e. The van der Waals surface area contributed by atoms with Crippen LogP contribution in [0.15, 0.2) is 0 Å². The Hall–Kier alpha value is 0.300. The number of alkyl halides is 3. The molecule has 0 bridgehead atoms. The summed E-state index contributed by atoms with van der Waals surface area (Å²) in [6.45, 7) is 3.36. The van der Waals surface area contributed by atoms with Crippen molar-refractivity contribution < 1.29 is 9.53 Å². The van der Waals surface area contributed by atoms with E-state index in [0.29, 0.717) is 0 Å². The van der Waals surface area contributed by atoms with E-state index >= 15 is 0 Å². The van der Waals surface area contributed by atoms with Crippen molar-refractivity contribution in [2.75, 3.05) is 0 Å². The predicted molar refractivity (Wildman–Crippen MR) is 47.4 cm³/mol. The van der Waals surface area contributed by atoms with E-state index in [2.05, 4.69) is 5.32 Å². The molecule has 1 unspecified atom stereocenters. The van der Waals surface area contributed by atoms with Gasteiger partial charge in [-0.05, 0) is 13.8 Å². The van der Waals surface area contributed by atoms with Crippen molar-refractivity contribution in [3.05, 3.63) is 0 Å². The van der Waals surface area contributed by atoms with Crippen molar-refractivity contribution in [1.29, 1.82) is 0 Å². The van der Waals surface area contributed by atoms with Gasteiger partial charge in [0.15, 0.2) is 6.10 Å². The van der Waals surface area contributed by atoms with Gasteiger partial charge in [0.2, 0.25) is 3.79 Å². The van der Waals surface area contributed by atoms with Crippen LogP contribution >= 0.6 is 34.8 Å². The molecule has 12 heavy (non-hydrogen) atoms. The van der Waals surface area contributed by atoms with E-state index < -0.39 is 21.5 Å². The molecule has 0 aliphatic carbocycles. The zero-order valence-electron chi connectivity index (χ0n) is 6.53. The Balaban J connectivity index is 2.78. The molecule has 0 aromatic rings. The van der Waals surface area contributed by atoms with Crippen LogP contribution in [0.1, 0.15) is 13.8 Å². The summed E-state index contributed by atoms with van der Waals surface area (Å²) in [7, 11) is 0. The first-order valence-electron chi connectivity index (χ1n) is 3.29. The average Bonchev–Trinajstić information content (AvgIpc) is 2.03. The number of carbonyl (C=O) groups excluding carboxylic acids is 1. The van der Waals surface area contributed by atoms with E-state index in [1.165, 1.54) is 0 Å². The lowest BCUT2D eigenvalue weighted by atomic mass is 10.3. The highest BCUT2D eigenvalue weighted by Crippen LogP contribution is 2.36. The lowest BCUT2D eigenvalue weighted by molar-refractivity contribution is -0.123. The largest absolute Gasteiger partial charge is 0.339 e. The highest BCUT2D eigenvalue weighted by Gasteiger charge is 2.49. The molecule has 0 saturated carbocycles. The lowest BCUT2D eigenvalue weighted by Gasteiger charge is -2.20. The predicted octanol–water partition coefficient (Wildman–Crippen LogP) is 1.61. The lowest BCUT2D eigenvalue weighted by Crippen LogP contribution is -2.36. The normalized spacial score (nSPS) is 28.8. The van der Waals surface area contributed by atoms with Crippen LogP contribution < -0.4 is 5.32 Å². The third kappa shape index (κ3) is 2.16. The number of nitrogens with one attached hydrogen (secondary N) is 1. The van der Waals surface area contributed by atoms with Crippen molar-refractivity contribution >= 4 is 40.7 Å². The topological polar surface area (TPSA) is 38.3 Å². The van der Waals surface area contributed by atoms with Gasteiger partial charge in [-0.2, -0.15) is 0 Å². The van der Waals surface area contributed by atoms with Crippen LogP contribution in [0.25, 0.3) is 0 Å². The molecule has 1 N–H and O–H groups in total. The first-order chi connectivity index (χ1) is 5.22. The van der Waals surface area contributed by atoms with Crippen LogP contribution in [-0.2, 0) is 9.53 Å². The smallest absolute Gasteiger partial charge is 0.255 e. The van der Waals surface area contributed by atoms with E-state index in [9.17, 15) is 4.79 Å². The SMILES string of the molecule is CC1(C)NC(=O)C(C(Cl)(Cl)Cl)O1. The fourth-order valence-electron chi connectivity index (χ4n) is 0.955. The Labute approximate surface area is 85.3 Å². The van der Waals surface area contributed by atoms with Crippen LogP contribution in [-0.4, -0.2) is 21.5 Å². The quantitative estimate of drug-likeness (QED) is 0.645. The summed E-state index contributed by atoms with van der Waals surface area (Å²) in [5, 5.41) is 2.54. The fraction of sp³-hybridized carbons (Fsp3) is 0.833. The molecule has 3 nitrogen and oxygen atoms in total. The summed E-state index contributed by atoms with van der Waals surface area (Å²) in [6.07, 6.45) is -1.03. The highest BCUT2D eigenvalue weighted by molar-refractivity contribution is 6.68. The summed E-state index contributed by atoms with van der Waals surface area (Å²) < 4.78 is 3.46. The maximum atomic E-state index is 11.1. The molecular formula is C6H8Cl3NO2. The van der Waals surface area contributed by atoms with Gasteiger partial charge in [0.1, 0.15) is 5.72 Å². The molecule has 1 atom stereocenters. The molecule has 1 fully saturated rings. The van der Waals surface area contributed by atoms with Crippen LogP contribution in [0.2, 0.25) is 0 Å². The Morgan fingerprint density at radius 1 is 1.50 bits per heavy atom. The van der Waals surface area contributed by atoms with Crippen molar-refractivity contribution in [2.45, 2.75) is 29.5 Å². The summed E-state index contributed by atoms with van der Waals surface area (Å²) in [6, 6.07) is 0. The van der Waals surface area contributed by atoms with Gasteiger partial charge in [0.05, 0.1) is 0 Å². The number of ether oxygens (including phenoxy) is 1. The molecule has 1 aliphatic heterocycles. The molecule has 0 radical (unpaired) electrons. The van der Waals surface area contributed by atoms with E-state index in [0.717, 1.165) is 0 Å². The fourth-order valence-corrected chi connectivity index (χ4v) is 1.39. The molecule has 0 aromatic carbocycles. The zero-order chi connectivity index (χ0) is 9.57. The Morgan fingerprint density at radius 3 is 2.17 bits per heavy atom. The number of hydrogen-bond acceptors (Lipinski definition) is 2. The second-order valence-corrected chi connectivity index (χ2v) is 5.41. The van der Waals surface area contributed by atoms with Crippen molar-refractivity contribution in [1.82, 2.24) is 5.32 Å². The number of rotatable bonds is 0. The van der Waals surface area contributed by atoms with Crippen LogP contribution in [0, 0.1) is 0 Å². The number of carbonyl (C=O) groups is 1. The first-order valence-corrected chi connectivity index (χ1v) is 4.42. The maximum absolute atomic E-state index is 11.1. The summed E-state index contributed by atoms with van der Waals surface area (Å²) in [4.78, 5) is 11.1. The molecule has 70 valence electrons. The van der Waals surface area contributed by atoms with Gasteiger partial charge < -0.3 is 10.1 Å². The Morgan fingerprint density at radius 2 is 2.00 bits per heavy atom. The Bertz CT molecular complexity index is 211. The van der Waals surface area contributed by atoms with Crippen molar-refractivity contribution in [3.8, 4) is 0 Å². The second kappa shape index (κ2) is 2.91. The molecular weight excluding hydrogens is 224 g/mol. The minimum absolute atomic E-state index is 0.403. The molecule has 1 aliphatic rings. The molecule has 0 spiro atoms. The Kier molecular flexibility index (Phi) is 2.52. The molecule has 6 heteroatoms. The minimum atomic E-state index is -1.71. The highest BCUT2D eigenvalue weighted by atomic mass is 35.6. The number of hydrogen-bond donors (Lipinski definition) is 1. The van der Waals surface area contributed by atoms with Gasteiger partial charge in [-0.3, -0.25) is 4.79 Å². The average molecular weight is 232 g/mol. The monoisotopic (exact) mass is 231 g/mol. The van der Waals surface area contributed by atoms with E-state index in [1.54, 1.807) is 13.8 Å². The molecule has 1 rings (SSSR count).